The van der Waals surface area contributed by atoms with Gasteiger partial charge in [0.25, 0.3) is 0 Å². The first-order valence-electron chi connectivity index (χ1n) is 6.75. The number of nitrogens with one attached hydrogen (secondary N) is 1. The fourth-order valence-electron chi connectivity index (χ4n) is 2.59. The van der Waals surface area contributed by atoms with Crippen molar-refractivity contribution in [1.29, 1.82) is 0 Å². The van der Waals surface area contributed by atoms with Crippen LogP contribution in [-0.2, 0) is 16.2 Å². The minimum Gasteiger partial charge on any atom is -0.396 e. The van der Waals surface area contributed by atoms with Crippen molar-refractivity contribution in [3.05, 3.63) is 24.0 Å². The van der Waals surface area contributed by atoms with Crippen LogP contribution in [0.2, 0.25) is 0 Å². The largest absolute Gasteiger partial charge is 0.433 e. The summed E-state index contributed by atoms with van der Waals surface area (Å²) in [5, 5.41) is 9.42. The first kappa shape index (κ1) is 17.2. The molecule has 0 bridgehead atoms. The van der Waals surface area contributed by atoms with E-state index in [4.69, 9.17) is 0 Å². The summed E-state index contributed by atoms with van der Waals surface area (Å²) in [5.41, 5.74) is -1.71. The summed E-state index contributed by atoms with van der Waals surface area (Å²) in [6.07, 6.45) is -1.89. The lowest BCUT2D eigenvalue weighted by Crippen LogP contribution is -2.44. The van der Waals surface area contributed by atoms with Gasteiger partial charge in [-0.3, -0.25) is 4.98 Å². The Labute approximate surface area is 126 Å². The lowest BCUT2D eigenvalue weighted by Gasteiger charge is -2.29. The number of pyridine rings is 1. The maximum atomic E-state index is 12.4. The van der Waals surface area contributed by atoms with E-state index in [1.165, 1.54) is 0 Å². The molecule has 1 aromatic rings. The standard InChI is InChI=1S/C13H17F3N2O3S/c1-12(8-19)6-2-3-10(12)18-22(20,21)9-4-5-11(17-7-9)13(14,15)16/h4-5,7,10,18-19H,2-3,6,8H2,1H3. The van der Waals surface area contributed by atoms with Crippen molar-refractivity contribution in [1.82, 2.24) is 9.71 Å². The molecule has 1 aromatic heterocycles. The molecule has 1 saturated carbocycles. The maximum Gasteiger partial charge on any atom is 0.433 e. The number of aromatic nitrogens is 1. The molecule has 2 rings (SSSR count). The molecular weight excluding hydrogens is 321 g/mol. The number of rotatable bonds is 4. The molecule has 2 atom stereocenters. The van der Waals surface area contributed by atoms with E-state index in [-0.39, 0.29) is 11.5 Å². The molecule has 1 aliphatic rings. The van der Waals surface area contributed by atoms with Gasteiger partial charge in [0.15, 0.2) is 0 Å². The highest BCUT2D eigenvalue weighted by Gasteiger charge is 2.40. The molecule has 0 aliphatic heterocycles. The molecule has 0 aromatic carbocycles. The van der Waals surface area contributed by atoms with Gasteiger partial charge < -0.3 is 5.11 Å². The van der Waals surface area contributed by atoms with E-state index in [9.17, 15) is 26.7 Å². The third kappa shape index (κ3) is 3.41. The Morgan fingerprint density at radius 2 is 2.14 bits per heavy atom. The summed E-state index contributed by atoms with van der Waals surface area (Å²) in [7, 11) is -3.98. The molecule has 1 fully saturated rings. The fraction of sp³-hybridized carbons (Fsp3) is 0.615. The Hall–Kier alpha value is -1.19. The number of aliphatic hydroxyl groups excluding tert-OH is 1. The average molecular weight is 338 g/mol. The van der Waals surface area contributed by atoms with E-state index < -0.39 is 33.4 Å². The number of alkyl halides is 3. The third-order valence-corrected chi connectivity index (χ3v) is 5.53. The Morgan fingerprint density at radius 1 is 1.45 bits per heavy atom. The van der Waals surface area contributed by atoms with Crippen LogP contribution in [0.15, 0.2) is 23.2 Å². The SMILES string of the molecule is CC1(CO)CCCC1NS(=O)(=O)c1ccc(C(F)(F)F)nc1. The molecule has 0 amide bonds. The van der Waals surface area contributed by atoms with Gasteiger partial charge in [-0.15, -0.1) is 0 Å². The van der Waals surface area contributed by atoms with Crippen molar-refractivity contribution < 1.29 is 26.7 Å². The molecular formula is C13H17F3N2O3S. The van der Waals surface area contributed by atoms with Gasteiger partial charge in [0.2, 0.25) is 10.0 Å². The minimum absolute atomic E-state index is 0.161. The molecule has 5 nitrogen and oxygen atoms in total. The topological polar surface area (TPSA) is 79.3 Å². The summed E-state index contributed by atoms with van der Waals surface area (Å²) in [4.78, 5) is 2.83. The predicted molar refractivity (Wildman–Crippen MR) is 72.4 cm³/mol. The predicted octanol–water partition coefficient (Wildman–Crippen LogP) is 1.93. The number of halogens is 3. The van der Waals surface area contributed by atoms with Gasteiger partial charge in [-0.25, -0.2) is 13.1 Å². The molecule has 0 spiro atoms. The number of aliphatic hydroxyl groups is 1. The van der Waals surface area contributed by atoms with E-state index in [1.54, 1.807) is 6.92 Å². The molecule has 22 heavy (non-hydrogen) atoms. The van der Waals surface area contributed by atoms with E-state index in [0.717, 1.165) is 12.5 Å². The van der Waals surface area contributed by atoms with Gasteiger partial charge in [0, 0.05) is 24.3 Å². The van der Waals surface area contributed by atoms with Gasteiger partial charge in [-0.1, -0.05) is 13.3 Å². The zero-order valence-corrected chi connectivity index (χ0v) is 12.7. The van der Waals surface area contributed by atoms with E-state index in [1.807, 2.05) is 0 Å². The normalized spacial score (nSPS) is 26.3. The highest BCUT2D eigenvalue weighted by atomic mass is 32.2. The Balaban J connectivity index is 2.21. The Morgan fingerprint density at radius 3 is 2.64 bits per heavy atom. The summed E-state index contributed by atoms with van der Waals surface area (Å²) < 4.78 is 64.2. The minimum atomic E-state index is -4.61. The van der Waals surface area contributed by atoms with Gasteiger partial charge in [0.05, 0.1) is 0 Å². The number of nitrogens with zero attached hydrogens (tertiary/aromatic N) is 1. The monoisotopic (exact) mass is 338 g/mol. The quantitative estimate of drug-likeness (QED) is 0.879. The molecule has 2 unspecified atom stereocenters. The highest BCUT2D eigenvalue weighted by Crippen LogP contribution is 2.38. The van der Waals surface area contributed by atoms with Crippen LogP contribution in [-0.4, -0.2) is 31.2 Å². The van der Waals surface area contributed by atoms with Crippen LogP contribution in [0.25, 0.3) is 0 Å². The number of hydrogen-bond acceptors (Lipinski definition) is 4. The first-order chi connectivity index (χ1) is 10.1. The molecule has 1 heterocycles. The molecule has 0 radical (unpaired) electrons. The third-order valence-electron chi connectivity index (χ3n) is 4.08. The van der Waals surface area contributed by atoms with Crippen LogP contribution in [0.3, 0.4) is 0 Å². The van der Waals surface area contributed by atoms with Crippen molar-refractivity contribution in [3.8, 4) is 0 Å². The summed E-state index contributed by atoms with van der Waals surface area (Å²) in [6.45, 7) is 1.61. The maximum absolute atomic E-state index is 12.4. The van der Waals surface area contributed by atoms with E-state index in [0.29, 0.717) is 25.1 Å². The molecule has 0 saturated heterocycles. The Kier molecular flexibility index (Phi) is 4.51. The second-order valence-electron chi connectivity index (χ2n) is 5.76. The van der Waals surface area contributed by atoms with Gasteiger partial charge in [-0.05, 0) is 25.0 Å². The van der Waals surface area contributed by atoms with Gasteiger partial charge in [0.1, 0.15) is 10.6 Å². The average Bonchev–Trinajstić information content (AvgIpc) is 2.79. The zero-order chi connectivity index (χ0) is 16.6. The summed E-state index contributed by atoms with van der Waals surface area (Å²) >= 11 is 0. The second-order valence-corrected chi connectivity index (χ2v) is 7.47. The lowest BCUT2D eigenvalue weighted by atomic mass is 9.86. The van der Waals surface area contributed by atoms with E-state index >= 15 is 0 Å². The molecule has 1 aliphatic carbocycles. The smallest absolute Gasteiger partial charge is 0.396 e. The van der Waals surface area contributed by atoms with Crippen molar-refractivity contribution in [2.24, 2.45) is 5.41 Å². The lowest BCUT2D eigenvalue weighted by molar-refractivity contribution is -0.141. The number of hydrogen-bond donors (Lipinski definition) is 2. The van der Waals surface area contributed by atoms with Crippen molar-refractivity contribution in [2.45, 2.75) is 43.3 Å². The molecule has 124 valence electrons. The van der Waals surface area contributed by atoms with Gasteiger partial charge >= 0.3 is 6.18 Å². The van der Waals surface area contributed by atoms with Crippen molar-refractivity contribution >= 4 is 10.0 Å². The van der Waals surface area contributed by atoms with Crippen LogP contribution in [0.1, 0.15) is 31.9 Å². The highest BCUT2D eigenvalue weighted by molar-refractivity contribution is 7.89. The molecule has 9 heteroatoms. The Bertz CT molecular complexity index is 631. The van der Waals surface area contributed by atoms with Crippen LogP contribution in [0.5, 0.6) is 0 Å². The van der Waals surface area contributed by atoms with Crippen molar-refractivity contribution in [2.75, 3.05) is 6.61 Å². The summed E-state index contributed by atoms with van der Waals surface area (Å²) in [6, 6.07) is 1.06. The second kappa shape index (κ2) is 5.78. The number of sulfonamides is 1. The first-order valence-corrected chi connectivity index (χ1v) is 8.23. The fourth-order valence-corrected chi connectivity index (χ4v) is 3.94. The van der Waals surface area contributed by atoms with Crippen LogP contribution < -0.4 is 4.72 Å². The van der Waals surface area contributed by atoms with Crippen LogP contribution in [0.4, 0.5) is 13.2 Å². The van der Waals surface area contributed by atoms with Gasteiger partial charge in [-0.2, -0.15) is 13.2 Å². The summed E-state index contributed by atoms with van der Waals surface area (Å²) in [5.74, 6) is 0. The van der Waals surface area contributed by atoms with Crippen LogP contribution >= 0.6 is 0 Å². The molecule has 2 N–H and O–H groups in total. The van der Waals surface area contributed by atoms with Crippen LogP contribution in [0, 0.1) is 5.41 Å². The van der Waals surface area contributed by atoms with E-state index in [2.05, 4.69) is 9.71 Å². The van der Waals surface area contributed by atoms with Crippen molar-refractivity contribution in [3.63, 3.8) is 0 Å². The zero-order valence-electron chi connectivity index (χ0n) is 11.9.